The molecule has 0 aliphatic heterocycles. The molecule has 1 aromatic carbocycles. The van der Waals surface area contributed by atoms with Gasteiger partial charge in [0.2, 0.25) is 0 Å². The highest BCUT2D eigenvalue weighted by molar-refractivity contribution is 5.78. The predicted molar refractivity (Wildman–Crippen MR) is 68.6 cm³/mol. The molecular formula is C14H15FN2O2. The maximum absolute atomic E-state index is 13.3. The van der Waals surface area contributed by atoms with Crippen molar-refractivity contribution in [2.24, 2.45) is 5.92 Å². The topological polar surface area (TPSA) is 55.1 Å². The van der Waals surface area contributed by atoms with Crippen molar-refractivity contribution in [1.29, 1.82) is 0 Å². The minimum absolute atomic E-state index is 0.0460. The summed E-state index contributed by atoms with van der Waals surface area (Å²) in [5.74, 6) is -0.728. The molecule has 1 aliphatic carbocycles. The average molecular weight is 262 g/mol. The first-order chi connectivity index (χ1) is 8.99. The van der Waals surface area contributed by atoms with Crippen molar-refractivity contribution < 1.29 is 14.3 Å². The Kier molecular flexibility index (Phi) is 2.59. The molecule has 4 nitrogen and oxygen atoms in total. The Balaban J connectivity index is 2.13. The van der Waals surface area contributed by atoms with Crippen LogP contribution in [0.15, 0.2) is 18.2 Å². The quantitative estimate of drug-likeness (QED) is 0.925. The molecule has 1 aliphatic rings. The number of benzene rings is 1. The third kappa shape index (κ3) is 1.89. The van der Waals surface area contributed by atoms with Crippen molar-refractivity contribution >= 4 is 17.0 Å². The number of halogens is 1. The van der Waals surface area contributed by atoms with E-state index in [0.717, 1.165) is 11.3 Å². The summed E-state index contributed by atoms with van der Waals surface area (Å²) in [6.45, 7) is 4.04. The first-order valence-corrected chi connectivity index (χ1v) is 6.39. The van der Waals surface area contributed by atoms with Gasteiger partial charge in [-0.25, -0.2) is 9.37 Å². The molecule has 5 heteroatoms. The number of aliphatic carboxylic acids is 1. The second-order valence-corrected chi connectivity index (χ2v) is 5.35. The Bertz CT molecular complexity index is 663. The zero-order chi connectivity index (χ0) is 13.7. The fourth-order valence-electron chi connectivity index (χ4n) is 2.65. The summed E-state index contributed by atoms with van der Waals surface area (Å²) in [6.07, 6.45) is 0.619. The van der Waals surface area contributed by atoms with Crippen LogP contribution < -0.4 is 0 Å². The van der Waals surface area contributed by atoms with E-state index < -0.39 is 5.97 Å². The van der Waals surface area contributed by atoms with E-state index in [1.54, 1.807) is 6.07 Å². The van der Waals surface area contributed by atoms with Gasteiger partial charge >= 0.3 is 5.97 Å². The van der Waals surface area contributed by atoms with Gasteiger partial charge in [-0.1, -0.05) is 0 Å². The molecule has 1 aromatic heterocycles. The normalized spacial score (nSPS) is 22.1. The van der Waals surface area contributed by atoms with Gasteiger partial charge in [-0.05, 0) is 32.4 Å². The summed E-state index contributed by atoms with van der Waals surface area (Å²) in [7, 11) is 0. The number of imidazole rings is 1. The minimum Gasteiger partial charge on any atom is -0.481 e. The molecule has 100 valence electrons. The van der Waals surface area contributed by atoms with E-state index in [0.29, 0.717) is 11.9 Å². The number of carboxylic acid groups (broad SMARTS) is 1. The number of nitrogens with zero attached hydrogens (tertiary/aromatic N) is 2. The molecule has 19 heavy (non-hydrogen) atoms. The predicted octanol–water partition coefficient (Wildman–Crippen LogP) is 2.94. The van der Waals surface area contributed by atoms with E-state index in [-0.39, 0.29) is 23.7 Å². The van der Waals surface area contributed by atoms with Crippen molar-refractivity contribution in [3.05, 3.63) is 29.8 Å². The maximum Gasteiger partial charge on any atom is 0.307 e. The van der Waals surface area contributed by atoms with Crippen LogP contribution in [0, 0.1) is 11.7 Å². The standard InChI is InChI=1S/C14H15FN2O2/c1-7(2)17-12-4-3-8(15)5-11(12)16-13(17)9-6-10(9)14(18)19/h3-5,7,9-10H,6H2,1-2H3,(H,18,19). The molecule has 0 spiro atoms. The highest BCUT2D eigenvalue weighted by atomic mass is 19.1. The van der Waals surface area contributed by atoms with Crippen LogP contribution in [-0.2, 0) is 4.79 Å². The summed E-state index contributed by atoms with van der Waals surface area (Å²) >= 11 is 0. The van der Waals surface area contributed by atoms with Gasteiger partial charge in [-0.3, -0.25) is 4.79 Å². The fraction of sp³-hybridized carbons (Fsp3) is 0.429. The highest BCUT2D eigenvalue weighted by Crippen LogP contribution is 2.48. The number of rotatable bonds is 3. The van der Waals surface area contributed by atoms with Crippen LogP contribution in [0.5, 0.6) is 0 Å². The van der Waals surface area contributed by atoms with Crippen LogP contribution in [0.3, 0.4) is 0 Å². The van der Waals surface area contributed by atoms with Crippen LogP contribution in [0.25, 0.3) is 11.0 Å². The third-order valence-corrected chi connectivity index (χ3v) is 3.63. The Morgan fingerprint density at radius 2 is 2.26 bits per heavy atom. The van der Waals surface area contributed by atoms with Crippen molar-refractivity contribution in [1.82, 2.24) is 9.55 Å². The monoisotopic (exact) mass is 262 g/mol. The van der Waals surface area contributed by atoms with E-state index in [4.69, 9.17) is 5.11 Å². The molecule has 0 radical (unpaired) electrons. The van der Waals surface area contributed by atoms with Gasteiger partial charge in [-0.15, -0.1) is 0 Å². The largest absolute Gasteiger partial charge is 0.481 e. The van der Waals surface area contributed by atoms with E-state index in [9.17, 15) is 9.18 Å². The molecule has 3 rings (SSSR count). The first-order valence-electron chi connectivity index (χ1n) is 6.39. The van der Waals surface area contributed by atoms with E-state index in [2.05, 4.69) is 4.98 Å². The fourth-order valence-corrected chi connectivity index (χ4v) is 2.65. The number of carboxylic acids is 1. The molecule has 0 saturated heterocycles. The smallest absolute Gasteiger partial charge is 0.307 e. The van der Waals surface area contributed by atoms with Gasteiger partial charge < -0.3 is 9.67 Å². The van der Waals surface area contributed by atoms with Crippen LogP contribution in [0.2, 0.25) is 0 Å². The molecule has 0 bridgehead atoms. The molecule has 2 unspecified atom stereocenters. The Morgan fingerprint density at radius 3 is 2.84 bits per heavy atom. The van der Waals surface area contributed by atoms with E-state index >= 15 is 0 Å². The van der Waals surface area contributed by atoms with E-state index in [1.165, 1.54) is 12.1 Å². The molecule has 1 saturated carbocycles. The van der Waals surface area contributed by atoms with Crippen molar-refractivity contribution in [2.45, 2.75) is 32.2 Å². The van der Waals surface area contributed by atoms with Gasteiger partial charge in [0.15, 0.2) is 0 Å². The first kappa shape index (κ1) is 12.1. The van der Waals surface area contributed by atoms with Crippen LogP contribution in [-0.4, -0.2) is 20.6 Å². The summed E-state index contributed by atoms with van der Waals surface area (Å²) in [6, 6.07) is 4.68. The summed E-state index contributed by atoms with van der Waals surface area (Å²) in [4.78, 5) is 15.4. The van der Waals surface area contributed by atoms with E-state index in [1.807, 2.05) is 18.4 Å². The second-order valence-electron chi connectivity index (χ2n) is 5.35. The average Bonchev–Trinajstić information content (AvgIpc) is 3.03. The molecule has 1 heterocycles. The van der Waals surface area contributed by atoms with Crippen molar-refractivity contribution in [2.75, 3.05) is 0 Å². The highest BCUT2D eigenvalue weighted by Gasteiger charge is 2.47. The summed E-state index contributed by atoms with van der Waals surface area (Å²) < 4.78 is 15.3. The van der Waals surface area contributed by atoms with Gasteiger partial charge in [0.05, 0.1) is 17.0 Å². The Labute approximate surface area is 109 Å². The Hall–Kier alpha value is -1.91. The SMILES string of the molecule is CC(C)n1c(C2CC2C(=O)O)nc2cc(F)ccc21. The zero-order valence-electron chi connectivity index (χ0n) is 10.8. The zero-order valence-corrected chi connectivity index (χ0v) is 10.8. The van der Waals surface area contributed by atoms with Gasteiger partial charge in [0, 0.05) is 18.0 Å². The molecule has 1 fully saturated rings. The number of hydrogen-bond acceptors (Lipinski definition) is 2. The van der Waals surface area contributed by atoms with Gasteiger partial charge in [0.25, 0.3) is 0 Å². The molecular weight excluding hydrogens is 247 g/mol. The van der Waals surface area contributed by atoms with Crippen LogP contribution in [0.4, 0.5) is 4.39 Å². The third-order valence-electron chi connectivity index (χ3n) is 3.63. The van der Waals surface area contributed by atoms with Crippen molar-refractivity contribution in [3.8, 4) is 0 Å². The van der Waals surface area contributed by atoms with Crippen LogP contribution in [0.1, 0.15) is 38.1 Å². The molecule has 2 aromatic rings. The lowest BCUT2D eigenvalue weighted by Gasteiger charge is -2.12. The number of fused-ring (bicyclic) bond motifs is 1. The number of carbonyl (C=O) groups is 1. The lowest BCUT2D eigenvalue weighted by molar-refractivity contribution is -0.138. The number of aromatic nitrogens is 2. The minimum atomic E-state index is -0.779. The lowest BCUT2D eigenvalue weighted by Crippen LogP contribution is -2.08. The van der Waals surface area contributed by atoms with Crippen LogP contribution >= 0.6 is 0 Å². The Morgan fingerprint density at radius 1 is 1.53 bits per heavy atom. The molecule has 2 atom stereocenters. The van der Waals surface area contributed by atoms with Gasteiger partial charge in [-0.2, -0.15) is 0 Å². The maximum atomic E-state index is 13.3. The number of hydrogen-bond donors (Lipinski definition) is 1. The lowest BCUT2D eigenvalue weighted by atomic mass is 10.2. The summed E-state index contributed by atoms with van der Waals surface area (Å²) in [5, 5.41) is 9.04. The van der Waals surface area contributed by atoms with Gasteiger partial charge in [0.1, 0.15) is 11.6 Å². The van der Waals surface area contributed by atoms with Crippen molar-refractivity contribution in [3.63, 3.8) is 0 Å². The molecule has 0 amide bonds. The molecule has 1 N–H and O–H groups in total. The second kappa shape index (κ2) is 4.05. The summed E-state index contributed by atoms with van der Waals surface area (Å²) in [5.41, 5.74) is 1.46.